The summed E-state index contributed by atoms with van der Waals surface area (Å²) in [5, 5.41) is 2.66. The van der Waals surface area contributed by atoms with Crippen LogP contribution in [0.1, 0.15) is 42.5 Å². The van der Waals surface area contributed by atoms with E-state index in [2.05, 4.69) is 19.2 Å². The second-order valence-electron chi connectivity index (χ2n) is 6.12. The highest BCUT2D eigenvalue weighted by Gasteiger charge is 2.13. The summed E-state index contributed by atoms with van der Waals surface area (Å²) >= 11 is 0. The van der Waals surface area contributed by atoms with Gasteiger partial charge in [-0.1, -0.05) is 50.2 Å². The number of amides is 1. The Bertz CT molecular complexity index is 699. The molecule has 0 saturated carbocycles. The van der Waals surface area contributed by atoms with E-state index in [0.717, 1.165) is 11.6 Å². The minimum atomic E-state index is -0.985. The number of nitrogens with two attached hydrogens (primary N) is 1. The lowest BCUT2D eigenvalue weighted by molar-refractivity contribution is -0.120. The van der Waals surface area contributed by atoms with Gasteiger partial charge in [-0.3, -0.25) is 4.79 Å². The van der Waals surface area contributed by atoms with E-state index in [4.69, 9.17) is 5.73 Å². The van der Waals surface area contributed by atoms with Crippen LogP contribution in [0.2, 0.25) is 0 Å². The first-order chi connectivity index (χ1) is 11.4. The van der Waals surface area contributed by atoms with Gasteiger partial charge >= 0.3 is 0 Å². The van der Waals surface area contributed by atoms with Crippen molar-refractivity contribution in [1.82, 2.24) is 5.32 Å². The van der Waals surface area contributed by atoms with E-state index in [-0.39, 0.29) is 24.6 Å². The molecule has 0 bridgehead atoms. The van der Waals surface area contributed by atoms with E-state index >= 15 is 0 Å². The molecule has 3 nitrogen and oxygen atoms in total. The average Bonchev–Trinajstić information content (AvgIpc) is 2.57. The Balaban J connectivity index is 1.90. The van der Waals surface area contributed by atoms with Crippen LogP contribution in [0.15, 0.2) is 42.5 Å². The lowest BCUT2D eigenvalue weighted by Gasteiger charge is -2.15. The van der Waals surface area contributed by atoms with Crippen LogP contribution in [0, 0.1) is 11.6 Å². The molecule has 0 aliphatic rings. The molecule has 0 fully saturated rings. The molecule has 2 aromatic rings. The molecule has 0 aliphatic heterocycles. The maximum absolute atomic E-state index is 13.5. The SMILES string of the molecule is CC(C)c1ccc(C(N)CNC(=O)Cc2cccc(F)c2F)cc1. The molecule has 0 spiro atoms. The van der Waals surface area contributed by atoms with Crippen molar-refractivity contribution in [3.8, 4) is 0 Å². The van der Waals surface area contributed by atoms with Crippen molar-refractivity contribution < 1.29 is 13.6 Å². The molecule has 0 heterocycles. The molecule has 5 heteroatoms. The largest absolute Gasteiger partial charge is 0.354 e. The van der Waals surface area contributed by atoms with E-state index in [1.807, 2.05) is 24.3 Å². The van der Waals surface area contributed by atoms with Crippen LogP contribution in [0.25, 0.3) is 0 Å². The molecule has 2 aromatic carbocycles. The Kier molecular flexibility index (Phi) is 6.04. The summed E-state index contributed by atoms with van der Waals surface area (Å²) in [6, 6.07) is 11.4. The van der Waals surface area contributed by atoms with Gasteiger partial charge in [-0.2, -0.15) is 0 Å². The van der Waals surface area contributed by atoms with Gasteiger partial charge in [-0.15, -0.1) is 0 Å². The van der Waals surface area contributed by atoms with Crippen molar-refractivity contribution in [3.05, 3.63) is 70.8 Å². The minimum Gasteiger partial charge on any atom is -0.354 e. The van der Waals surface area contributed by atoms with Crippen LogP contribution in [-0.4, -0.2) is 12.5 Å². The third-order valence-electron chi connectivity index (χ3n) is 3.93. The molecule has 0 radical (unpaired) electrons. The Hall–Kier alpha value is -2.27. The maximum Gasteiger partial charge on any atom is 0.224 e. The summed E-state index contributed by atoms with van der Waals surface area (Å²) in [6.45, 7) is 4.46. The van der Waals surface area contributed by atoms with Gasteiger partial charge in [-0.05, 0) is 23.1 Å². The Morgan fingerprint density at radius 2 is 1.71 bits per heavy atom. The van der Waals surface area contributed by atoms with Crippen LogP contribution >= 0.6 is 0 Å². The number of carbonyl (C=O) groups excluding carboxylic acids is 1. The van der Waals surface area contributed by atoms with Crippen LogP contribution < -0.4 is 11.1 Å². The molecular formula is C19H22F2N2O. The number of nitrogens with one attached hydrogen (secondary N) is 1. The number of hydrogen-bond donors (Lipinski definition) is 2. The lowest BCUT2D eigenvalue weighted by Crippen LogP contribution is -2.33. The molecular weight excluding hydrogens is 310 g/mol. The first-order valence-electron chi connectivity index (χ1n) is 7.93. The normalized spacial score (nSPS) is 12.2. The van der Waals surface area contributed by atoms with Crippen LogP contribution in [-0.2, 0) is 11.2 Å². The maximum atomic E-state index is 13.5. The van der Waals surface area contributed by atoms with E-state index in [0.29, 0.717) is 5.92 Å². The number of rotatable bonds is 6. The molecule has 2 rings (SSSR count). The van der Waals surface area contributed by atoms with Gasteiger partial charge in [0.1, 0.15) is 0 Å². The molecule has 0 saturated heterocycles. The Morgan fingerprint density at radius 3 is 2.33 bits per heavy atom. The average molecular weight is 332 g/mol. The van der Waals surface area contributed by atoms with Crippen LogP contribution in [0.3, 0.4) is 0 Å². The van der Waals surface area contributed by atoms with Gasteiger partial charge in [0.15, 0.2) is 11.6 Å². The van der Waals surface area contributed by atoms with Crippen molar-refractivity contribution in [2.24, 2.45) is 5.73 Å². The molecule has 0 aromatic heterocycles. The fourth-order valence-electron chi connectivity index (χ4n) is 2.39. The zero-order chi connectivity index (χ0) is 17.7. The Morgan fingerprint density at radius 1 is 1.08 bits per heavy atom. The summed E-state index contributed by atoms with van der Waals surface area (Å²) < 4.78 is 26.7. The molecule has 128 valence electrons. The number of hydrogen-bond acceptors (Lipinski definition) is 2. The predicted octanol–water partition coefficient (Wildman–Crippen LogP) is 3.45. The molecule has 1 amide bonds. The third-order valence-corrected chi connectivity index (χ3v) is 3.93. The van der Waals surface area contributed by atoms with Crippen LogP contribution in [0.5, 0.6) is 0 Å². The fourth-order valence-corrected chi connectivity index (χ4v) is 2.39. The number of halogens is 2. The van der Waals surface area contributed by atoms with Crippen LogP contribution in [0.4, 0.5) is 8.78 Å². The summed E-state index contributed by atoms with van der Waals surface area (Å²) in [5.74, 6) is -1.90. The zero-order valence-electron chi connectivity index (χ0n) is 13.9. The second-order valence-corrected chi connectivity index (χ2v) is 6.12. The zero-order valence-corrected chi connectivity index (χ0v) is 13.9. The van der Waals surface area contributed by atoms with Gasteiger partial charge in [-0.25, -0.2) is 8.78 Å². The summed E-state index contributed by atoms with van der Waals surface area (Å²) in [6.07, 6.45) is -0.220. The van der Waals surface area contributed by atoms with Gasteiger partial charge in [0.05, 0.1) is 6.42 Å². The minimum absolute atomic E-state index is 0.0300. The number of carbonyl (C=O) groups is 1. The third kappa shape index (κ3) is 4.61. The fraction of sp³-hybridized carbons (Fsp3) is 0.316. The van der Waals surface area contributed by atoms with Crippen molar-refractivity contribution >= 4 is 5.91 Å². The second kappa shape index (κ2) is 8.02. The topological polar surface area (TPSA) is 55.1 Å². The number of benzene rings is 2. The van der Waals surface area contributed by atoms with Gasteiger partial charge in [0.25, 0.3) is 0 Å². The monoisotopic (exact) mass is 332 g/mol. The van der Waals surface area contributed by atoms with Gasteiger partial charge in [0.2, 0.25) is 5.91 Å². The van der Waals surface area contributed by atoms with Crippen molar-refractivity contribution in [1.29, 1.82) is 0 Å². The molecule has 0 aliphatic carbocycles. The molecule has 1 unspecified atom stereocenters. The first kappa shape index (κ1) is 18.1. The highest BCUT2D eigenvalue weighted by molar-refractivity contribution is 5.78. The summed E-state index contributed by atoms with van der Waals surface area (Å²) in [7, 11) is 0. The predicted molar refractivity (Wildman–Crippen MR) is 90.5 cm³/mol. The lowest BCUT2D eigenvalue weighted by atomic mass is 9.99. The van der Waals surface area contributed by atoms with E-state index < -0.39 is 17.5 Å². The summed E-state index contributed by atoms with van der Waals surface area (Å²) in [5.41, 5.74) is 8.23. The quantitative estimate of drug-likeness (QED) is 0.851. The highest BCUT2D eigenvalue weighted by atomic mass is 19.2. The molecule has 1 atom stereocenters. The van der Waals surface area contributed by atoms with E-state index in [1.165, 1.54) is 17.7 Å². The Labute approximate surface area is 140 Å². The van der Waals surface area contributed by atoms with E-state index in [1.54, 1.807) is 0 Å². The standard InChI is InChI=1S/C19H22F2N2O/c1-12(2)13-6-8-14(9-7-13)17(22)11-23-18(24)10-15-4-3-5-16(20)19(15)21/h3-9,12,17H,10-11,22H2,1-2H3,(H,23,24). The molecule has 3 N–H and O–H groups in total. The van der Waals surface area contributed by atoms with Crippen molar-refractivity contribution in [3.63, 3.8) is 0 Å². The van der Waals surface area contributed by atoms with E-state index in [9.17, 15) is 13.6 Å². The van der Waals surface area contributed by atoms with Gasteiger partial charge in [0, 0.05) is 18.2 Å². The molecule has 24 heavy (non-hydrogen) atoms. The first-order valence-corrected chi connectivity index (χ1v) is 7.93. The van der Waals surface area contributed by atoms with Crippen molar-refractivity contribution in [2.75, 3.05) is 6.54 Å². The highest BCUT2D eigenvalue weighted by Crippen LogP contribution is 2.17. The van der Waals surface area contributed by atoms with Crippen molar-refractivity contribution in [2.45, 2.75) is 32.2 Å². The smallest absolute Gasteiger partial charge is 0.224 e. The summed E-state index contributed by atoms with van der Waals surface area (Å²) in [4.78, 5) is 11.9. The van der Waals surface area contributed by atoms with Gasteiger partial charge < -0.3 is 11.1 Å².